The van der Waals surface area contributed by atoms with Gasteiger partial charge in [-0.05, 0) is 13.8 Å². The molecule has 0 aliphatic carbocycles. The molecule has 2 heterocycles. The Morgan fingerprint density at radius 2 is 2.00 bits per heavy atom. The summed E-state index contributed by atoms with van der Waals surface area (Å²) in [4.78, 5) is 14.5. The van der Waals surface area contributed by atoms with E-state index in [0.29, 0.717) is 6.61 Å². The maximum Gasteiger partial charge on any atom is 0.240 e. The molecule has 1 amide bonds. The summed E-state index contributed by atoms with van der Waals surface area (Å²) < 4.78 is 10.8. The summed E-state index contributed by atoms with van der Waals surface area (Å²) in [7, 11) is 0. The second-order valence-corrected chi connectivity index (χ2v) is 5.33. The normalized spacial score (nSPS) is 27.9. The van der Waals surface area contributed by atoms with Crippen molar-refractivity contribution in [3.05, 3.63) is 0 Å². The molecule has 2 saturated heterocycles. The quantitative estimate of drug-likeness (QED) is 0.754. The van der Waals surface area contributed by atoms with Crippen LogP contribution in [0.15, 0.2) is 0 Å². The molecule has 0 bridgehead atoms. The summed E-state index contributed by atoms with van der Waals surface area (Å²) in [5, 5.41) is 6.27. The van der Waals surface area contributed by atoms with E-state index in [1.807, 2.05) is 13.8 Å². The molecule has 2 aliphatic rings. The first-order valence-electron chi connectivity index (χ1n) is 7.12. The fourth-order valence-corrected chi connectivity index (χ4v) is 2.58. The Balaban J connectivity index is 0.00000200. The average Bonchev–Trinajstić information content (AvgIpc) is 2.40. The third-order valence-electron chi connectivity index (χ3n) is 3.62. The van der Waals surface area contributed by atoms with Gasteiger partial charge in [-0.3, -0.25) is 9.69 Å². The summed E-state index contributed by atoms with van der Waals surface area (Å²) in [6, 6.07) is -0.0950. The second kappa shape index (κ2) is 10.6. The van der Waals surface area contributed by atoms with E-state index in [0.717, 1.165) is 39.4 Å². The van der Waals surface area contributed by atoms with E-state index < -0.39 is 0 Å². The van der Waals surface area contributed by atoms with Gasteiger partial charge in [0.05, 0.1) is 25.9 Å². The minimum Gasteiger partial charge on any atom is -0.379 e. The minimum absolute atomic E-state index is 0. The van der Waals surface area contributed by atoms with Crippen LogP contribution in [0.4, 0.5) is 0 Å². The molecule has 0 radical (unpaired) electrons. The van der Waals surface area contributed by atoms with Crippen LogP contribution in [0, 0.1) is 0 Å². The second-order valence-electron chi connectivity index (χ2n) is 5.33. The Morgan fingerprint density at radius 3 is 2.62 bits per heavy atom. The summed E-state index contributed by atoms with van der Waals surface area (Å²) in [5.74, 6) is 0.0351. The molecule has 126 valence electrons. The molecule has 2 rings (SSSR count). The Labute approximate surface area is 139 Å². The van der Waals surface area contributed by atoms with Gasteiger partial charge in [-0.25, -0.2) is 0 Å². The molecule has 0 aromatic rings. The Morgan fingerprint density at radius 1 is 1.33 bits per heavy atom. The van der Waals surface area contributed by atoms with Crippen molar-refractivity contribution in [3.63, 3.8) is 0 Å². The number of carbonyl (C=O) groups is 1. The van der Waals surface area contributed by atoms with Crippen LogP contribution in [0.3, 0.4) is 0 Å². The van der Waals surface area contributed by atoms with Gasteiger partial charge in [0.25, 0.3) is 0 Å². The van der Waals surface area contributed by atoms with Crippen LogP contribution < -0.4 is 10.6 Å². The van der Waals surface area contributed by atoms with E-state index in [2.05, 4.69) is 15.5 Å². The van der Waals surface area contributed by atoms with E-state index in [-0.39, 0.29) is 48.9 Å². The van der Waals surface area contributed by atoms with Crippen molar-refractivity contribution in [2.75, 3.05) is 46.0 Å². The maximum atomic E-state index is 12.2. The molecule has 0 aromatic heterocycles. The smallest absolute Gasteiger partial charge is 0.240 e. The number of halogens is 2. The van der Waals surface area contributed by atoms with Crippen molar-refractivity contribution in [1.29, 1.82) is 0 Å². The number of hydrogen-bond acceptors (Lipinski definition) is 5. The van der Waals surface area contributed by atoms with Crippen molar-refractivity contribution in [2.24, 2.45) is 0 Å². The topological polar surface area (TPSA) is 62.8 Å². The summed E-state index contributed by atoms with van der Waals surface area (Å²) in [6.07, 6.45) is -0.0654. The van der Waals surface area contributed by atoms with Crippen LogP contribution >= 0.6 is 24.8 Å². The number of hydrogen-bond donors (Lipinski definition) is 2. The van der Waals surface area contributed by atoms with Crippen molar-refractivity contribution in [3.8, 4) is 0 Å². The van der Waals surface area contributed by atoms with Gasteiger partial charge >= 0.3 is 0 Å². The lowest BCUT2D eigenvalue weighted by atomic mass is 10.1. The highest BCUT2D eigenvalue weighted by molar-refractivity contribution is 5.85. The number of rotatable bonds is 4. The highest BCUT2D eigenvalue weighted by atomic mass is 35.5. The first-order valence-corrected chi connectivity index (χ1v) is 7.12. The minimum atomic E-state index is -0.235. The zero-order chi connectivity index (χ0) is 13.7. The molecule has 2 fully saturated rings. The zero-order valence-corrected chi connectivity index (χ0v) is 14.3. The molecule has 2 N–H and O–H groups in total. The van der Waals surface area contributed by atoms with Crippen molar-refractivity contribution < 1.29 is 14.3 Å². The molecule has 0 saturated carbocycles. The van der Waals surface area contributed by atoms with Gasteiger partial charge in [0.15, 0.2) is 0 Å². The van der Waals surface area contributed by atoms with Gasteiger partial charge in [0.1, 0.15) is 6.04 Å². The number of morpholine rings is 2. The molecule has 2 aliphatic heterocycles. The predicted octanol–water partition coefficient (Wildman–Crippen LogP) is 0.0438. The molecular formula is C13H27Cl2N3O3. The standard InChI is InChI=1S/C13H25N3O3.2ClH/c1-10(9-16-4-7-18-8-5-16)15-13(17)12-11(2)19-6-3-14-12;;/h10-12,14H,3-9H2,1-2H3,(H,15,17);2*1H/t10?,11-,12+;;/m1../s1. The van der Waals surface area contributed by atoms with E-state index in [4.69, 9.17) is 9.47 Å². The van der Waals surface area contributed by atoms with Crippen LogP contribution in [-0.2, 0) is 14.3 Å². The number of nitrogens with one attached hydrogen (secondary N) is 2. The lowest BCUT2D eigenvalue weighted by Crippen LogP contribution is -2.58. The van der Waals surface area contributed by atoms with Crippen LogP contribution in [0.1, 0.15) is 13.8 Å². The molecule has 1 unspecified atom stereocenters. The van der Waals surface area contributed by atoms with Gasteiger partial charge in [-0.1, -0.05) is 0 Å². The third-order valence-corrected chi connectivity index (χ3v) is 3.62. The lowest BCUT2D eigenvalue weighted by molar-refractivity contribution is -0.129. The molecule has 0 aromatic carbocycles. The summed E-state index contributed by atoms with van der Waals surface area (Å²) >= 11 is 0. The van der Waals surface area contributed by atoms with Crippen LogP contribution in [-0.4, -0.2) is 75.0 Å². The van der Waals surface area contributed by atoms with Crippen molar-refractivity contribution >= 4 is 30.7 Å². The Bertz CT molecular complexity index is 304. The lowest BCUT2D eigenvalue weighted by Gasteiger charge is -2.32. The van der Waals surface area contributed by atoms with Crippen LogP contribution in [0.25, 0.3) is 0 Å². The fourth-order valence-electron chi connectivity index (χ4n) is 2.58. The van der Waals surface area contributed by atoms with Crippen LogP contribution in [0.5, 0.6) is 0 Å². The summed E-state index contributed by atoms with van der Waals surface area (Å²) in [5.41, 5.74) is 0. The highest BCUT2D eigenvalue weighted by Crippen LogP contribution is 2.05. The van der Waals surface area contributed by atoms with E-state index >= 15 is 0 Å². The molecule has 3 atom stereocenters. The maximum absolute atomic E-state index is 12.2. The number of nitrogens with zero attached hydrogens (tertiary/aromatic N) is 1. The monoisotopic (exact) mass is 343 g/mol. The van der Waals surface area contributed by atoms with Crippen molar-refractivity contribution in [1.82, 2.24) is 15.5 Å². The van der Waals surface area contributed by atoms with Gasteiger partial charge in [0.2, 0.25) is 5.91 Å². The van der Waals surface area contributed by atoms with E-state index in [1.54, 1.807) is 0 Å². The Hall–Kier alpha value is -0.110. The van der Waals surface area contributed by atoms with Gasteiger partial charge in [-0.15, -0.1) is 24.8 Å². The largest absolute Gasteiger partial charge is 0.379 e. The fraction of sp³-hybridized carbons (Fsp3) is 0.923. The molecule has 6 nitrogen and oxygen atoms in total. The highest BCUT2D eigenvalue weighted by Gasteiger charge is 2.29. The number of amides is 1. The number of ether oxygens (including phenoxy) is 2. The molecule has 8 heteroatoms. The zero-order valence-electron chi connectivity index (χ0n) is 12.7. The molecule has 0 spiro atoms. The molecular weight excluding hydrogens is 317 g/mol. The van der Waals surface area contributed by atoms with Crippen LogP contribution in [0.2, 0.25) is 0 Å². The van der Waals surface area contributed by atoms with E-state index in [1.165, 1.54) is 0 Å². The number of carbonyl (C=O) groups excluding carboxylic acids is 1. The Kier molecular flexibility index (Phi) is 10.5. The third kappa shape index (κ3) is 6.67. The first-order chi connectivity index (χ1) is 9.16. The molecule has 21 heavy (non-hydrogen) atoms. The first kappa shape index (κ1) is 20.9. The van der Waals surface area contributed by atoms with Crippen molar-refractivity contribution in [2.45, 2.75) is 32.0 Å². The van der Waals surface area contributed by atoms with Gasteiger partial charge in [0, 0.05) is 32.2 Å². The van der Waals surface area contributed by atoms with E-state index in [9.17, 15) is 4.79 Å². The average molecular weight is 344 g/mol. The SMILES string of the molecule is CC(CN1CCOCC1)NC(=O)[C@H]1NCCO[C@@H]1C.Cl.Cl. The van der Waals surface area contributed by atoms with Gasteiger partial charge in [-0.2, -0.15) is 0 Å². The van der Waals surface area contributed by atoms with Gasteiger partial charge < -0.3 is 20.1 Å². The predicted molar refractivity (Wildman–Crippen MR) is 86.6 cm³/mol. The summed E-state index contributed by atoms with van der Waals surface area (Å²) in [6.45, 7) is 9.73.